The summed E-state index contributed by atoms with van der Waals surface area (Å²) < 4.78 is 7.20. The van der Waals surface area contributed by atoms with Crippen LogP contribution in [0.15, 0.2) is 72.9 Å². The van der Waals surface area contributed by atoms with E-state index >= 15 is 0 Å². The van der Waals surface area contributed by atoms with Gasteiger partial charge in [0.1, 0.15) is 11.4 Å². The van der Waals surface area contributed by atoms with Gasteiger partial charge in [0.15, 0.2) is 0 Å². The summed E-state index contributed by atoms with van der Waals surface area (Å²) in [4.78, 5) is 26.1. The van der Waals surface area contributed by atoms with Gasteiger partial charge >= 0.3 is 0 Å². The minimum Gasteiger partial charge on any atom is -0.494 e. The van der Waals surface area contributed by atoms with Crippen LogP contribution in [0, 0.1) is 0 Å². The number of pyridine rings is 1. The molecule has 31 heavy (non-hydrogen) atoms. The van der Waals surface area contributed by atoms with Crippen LogP contribution in [0.5, 0.6) is 5.75 Å². The first-order valence-corrected chi connectivity index (χ1v) is 10.4. The third kappa shape index (κ3) is 4.29. The number of anilines is 1. The van der Waals surface area contributed by atoms with Gasteiger partial charge in [0.25, 0.3) is 11.7 Å². The Labute approximate surface area is 189 Å². The molecule has 0 aliphatic carbocycles. The molecule has 2 heterocycles. The molecular formula is C24H18Cl2N2O3. The average molecular weight is 453 g/mol. The zero-order chi connectivity index (χ0) is 22.0. The van der Waals surface area contributed by atoms with Gasteiger partial charge in [-0.05, 0) is 61.0 Å². The average Bonchev–Trinajstić information content (AvgIpc) is 3.16. The van der Waals surface area contributed by atoms with Gasteiger partial charge in [-0.25, -0.2) is 0 Å². The lowest BCUT2D eigenvalue weighted by atomic mass is 10.0. The molecule has 5 nitrogen and oxygen atoms in total. The lowest BCUT2D eigenvalue weighted by molar-refractivity contribution is -0.112. The van der Waals surface area contributed by atoms with E-state index in [0.717, 1.165) is 16.8 Å². The number of halogens is 2. The summed E-state index contributed by atoms with van der Waals surface area (Å²) in [7, 11) is 0. The molecule has 2 aromatic heterocycles. The Morgan fingerprint density at radius 2 is 1.77 bits per heavy atom. The van der Waals surface area contributed by atoms with E-state index in [1.807, 2.05) is 49.4 Å². The lowest BCUT2D eigenvalue weighted by Crippen LogP contribution is -2.24. The predicted molar refractivity (Wildman–Crippen MR) is 123 cm³/mol. The minimum atomic E-state index is -0.805. The van der Waals surface area contributed by atoms with Crippen molar-refractivity contribution in [1.29, 1.82) is 0 Å². The fourth-order valence-corrected chi connectivity index (χ4v) is 3.69. The number of benzene rings is 2. The van der Waals surface area contributed by atoms with Crippen molar-refractivity contribution in [1.82, 2.24) is 4.40 Å². The van der Waals surface area contributed by atoms with Crippen LogP contribution in [0.25, 0.3) is 16.6 Å². The number of rotatable bonds is 6. The zero-order valence-corrected chi connectivity index (χ0v) is 18.1. The number of carbonyl (C=O) groups excluding carboxylic acids is 2. The molecule has 0 saturated carbocycles. The molecule has 0 radical (unpaired) electrons. The first-order valence-electron chi connectivity index (χ1n) is 9.62. The molecule has 0 saturated heterocycles. The predicted octanol–water partition coefficient (Wildman–Crippen LogP) is 6.13. The summed E-state index contributed by atoms with van der Waals surface area (Å²) in [5.41, 5.74) is 2.77. The van der Waals surface area contributed by atoms with Gasteiger partial charge in [-0.3, -0.25) is 9.59 Å². The number of amides is 1. The van der Waals surface area contributed by atoms with Crippen molar-refractivity contribution in [3.05, 3.63) is 88.7 Å². The van der Waals surface area contributed by atoms with Gasteiger partial charge in [-0.15, -0.1) is 0 Å². The molecule has 156 valence electrons. The van der Waals surface area contributed by atoms with Crippen LogP contribution >= 0.6 is 23.2 Å². The molecule has 0 aliphatic rings. The maximum absolute atomic E-state index is 13.3. The zero-order valence-electron chi connectivity index (χ0n) is 16.6. The van der Waals surface area contributed by atoms with E-state index in [0.29, 0.717) is 17.2 Å². The Hall–Kier alpha value is -3.28. The lowest BCUT2D eigenvalue weighted by Gasteiger charge is -2.10. The van der Waals surface area contributed by atoms with Crippen molar-refractivity contribution in [2.45, 2.75) is 6.92 Å². The third-order valence-electron chi connectivity index (χ3n) is 4.75. The number of nitrogens with zero attached hydrogens (tertiary/aromatic N) is 1. The summed E-state index contributed by atoms with van der Waals surface area (Å²) in [5, 5.41) is 3.26. The van der Waals surface area contributed by atoms with Crippen LogP contribution in [0.3, 0.4) is 0 Å². The van der Waals surface area contributed by atoms with Crippen LogP contribution < -0.4 is 10.1 Å². The maximum Gasteiger partial charge on any atom is 0.298 e. The number of fused-ring (bicyclic) bond motifs is 1. The van der Waals surface area contributed by atoms with Crippen molar-refractivity contribution < 1.29 is 14.3 Å². The molecule has 2 aromatic carbocycles. The van der Waals surface area contributed by atoms with Gasteiger partial charge in [0.2, 0.25) is 0 Å². The van der Waals surface area contributed by atoms with E-state index in [1.165, 1.54) is 6.07 Å². The van der Waals surface area contributed by atoms with E-state index in [1.54, 1.807) is 28.8 Å². The van der Waals surface area contributed by atoms with Crippen LogP contribution in [-0.2, 0) is 4.79 Å². The highest BCUT2D eigenvalue weighted by molar-refractivity contribution is 6.48. The molecule has 1 N–H and O–H groups in total. The van der Waals surface area contributed by atoms with Crippen LogP contribution in [0.2, 0.25) is 10.0 Å². The molecule has 0 unspecified atom stereocenters. The van der Waals surface area contributed by atoms with Crippen molar-refractivity contribution in [2.24, 2.45) is 0 Å². The number of hydrogen-bond donors (Lipinski definition) is 1. The Kier molecular flexibility index (Phi) is 5.98. The topological polar surface area (TPSA) is 59.8 Å². The van der Waals surface area contributed by atoms with E-state index < -0.39 is 11.7 Å². The number of ketones is 1. The Balaban J connectivity index is 1.75. The molecule has 1 amide bonds. The number of carbonyl (C=O) groups is 2. The fourth-order valence-electron chi connectivity index (χ4n) is 3.35. The number of ether oxygens (including phenoxy) is 1. The number of nitrogens with one attached hydrogen (secondary N) is 1. The van der Waals surface area contributed by atoms with Gasteiger partial charge in [-0.1, -0.05) is 41.4 Å². The summed E-state index contributed by atoms with van der Waals surface area (Å²) in [6.07, 6.45) is 1.75. The highest BCUT2D eigenvalue weighted by Crippen LogP contribution is 2.31. The largest absolute Gasteiger partial charge is 0.494 e. The quantitative estimate of drug-likeness (QED) is 0.282. The first-order chi connectivity index (χ1) is 15.0. The second-order valence-corrected chi connectivity index (χ2v) is 7.61. The number of hydrogen-bond acceptors (Lipinski definition) is 3. The van der Waals surface area contributed by atoms with E-state index in [4.69, 9.17) is 27.9 Å². The van der Waals surface area contributed by atoms with Gasteiger partial charge < -0.3 is 14.5 Å². The van der Waals surface area contributed by atoms with Crippen molar-refractivity contribution in [3.8, 4) is 16.9 Å². The molecular weight excluding hydrogens is 435 g/mol. The first kappa shape index (κ1) is 21.0. The third-order valence-corrected chi connectivity index (χ3v) is 5.32. The maximum atomic E-state index is 13.3. The van der Waals surface area contributed by atoms with Gasteiger partial charge in [0.05, 0.1) is 17.3 Å². The Bertz CT molecular complexity index is 1280. The molecule has 4 rings (SSSR count). The minimum absolute atomic E-state index is 0.260. The molecule has 0 spiro atoms. The van der Waals surface area contributed by atoms with Crippen molar-refractivity contribution >= 4 is 46.1 Å². The molecule has 0 fully saturated rings. The summed E-state index contributed by atoms with van der Waals surface area (Å²) in [5.74, 6) is -0.762. The molecule has 0 atom stereocenters. The standard InChI is InChI=1S/C24H18Cl2N2O3/c1-2-31-18-9-6-15(7-10-18)19-14-17-5-3-4-12-28(17)22(19)23(29)24(30)27-21-13-16(25)8-11-20(21)26/h3-14H,2H2,1H3,(H,27,30). The highest BCUT2D eigenvalue weighted by Gasteiger charge is 2.25. The molecule has 0 aliphatic heterocycles. The monoisotopic (exact) mass is 452 g/mol. The fraction of sp³-hybridized carbons (Fsp3) is 0.0833. The Morgan fingerprint density at radius 1 is 1.00 bits per heavy atom. The highest BCUT2D eigenvalue weighted by atomic mass is 35.5. The second-order valence-electron chi connectivity index (χ2n) is 6.77. The van der Waals surface area contributed by atoms with E-state index in [-0.39, 0.29) is 16.4 Å². The van der Waals surface area contributed by atoms with Gasteiger partial charge in [0, 0.05) is 22.3 Å². The van der Waals surface area contributed by atoms with Crippen LogP contribution in [-0.4, -0.2) is 22.7 Å². The van der Waals surface area contributed by atoms with E-state index in [9.17, 15) is 9.59 Å². The number of aromatic nitrogens is 1. The summed E-state index contributed by atoms with van der Waals surface area (Å²) in [6, 6.07) is 19.5. The SMILES string of the molecule is CCOc1ccc(-c2cc3ccccn3c2C(=O)C(=O)Nc2cc(Cl)ccc2Cl)cc1. The molecule has 7 heteroatoms. The molecule has 0 bridgehead atoms. The molecule has 4 aromatic rings. The summed E-state index contributed by atoms with van der Waals surface area (Å²) in [6.45, 7) is 2.47. The number of Topliss-reactive ketones (excluding diaryl/α,β-unsaturated/α-hetero) is 1. The van der Waals surface area contributed by atoms with Crippen molar-refractivity contribution in [3.63, 3.8) is 0 Å². The van der Waals surface area contributed by atoms with Crippen LogP contribution in [0.1, 0.15) is 17.4 Å². The normalized spacial score (nSPS) is 10.8. The Morgan fingerprint density at radius 3 is 2.52 bits per heavy atom. The van der Waals surface area contributed by atoms with Gasteiger partial charge in [-0.2, -0.15) is 0 Å². The second kappa shape index (κ2) is 8.84. The van der Waals surface area contributed by atoms with Crippen molar-refractivity contribution in [2.75, 3.05) is 11.9 Å². The smallest absolute Gasteiger partial charge is 0.298 e. The summed E-state index contributed by atoms with van der Waals surface area (Å²) >= 11 is 12.1. The van der Waals surface area contributed by atoms with Crippen LogP contribution in [0.4, 0.5) is 5.69 Å². The van der Waals surface area contributed by atoms with E-state index in [2.05, 4.69) is 5.32 Å².